The van der Waals surface area contributed by atoms with E-state index in [1.165, 1.54) is 35.5 Å². The van der Waals surface area contributed by atoms with E-state index in [0.29, 0.717) is 31.6 Å². The van der Waals surface area contributed by atoms with Crippen molar-refractivity contribution in [2.24, 2.45) is 0 Å². The van der Waals surface area contributed by atoms with Crippen molar-refractivity contribution in [2.45, 2.75) is 50.1 Å². The first-order valence-electron chi connectivity index (χ1n) is 9.45. The number of carbonyl (C=O) groups is 2. The molecule has 0 aliphatic carbocycles. The van der Waals surface area contributed by atoms with Crippen molar-refractivity contribution in [1.29, 1.82) is 0 Å². The van der Waals surface area contributed by atoms with Gasteiger partial charge in [0.05, 0.1) is 4.90 Å². The number of hydrogen-bond donors (Lipinski definition) is 1. The van der Waals surface area contributed by atoms with Crippen molar-refractivity contribution < 1.29 is 18.0 Å². The summed E-state index contributed by atoms with van der Waals surface area (Å²) in [5.41, 5.74) is 0.468. The van der Waals surface area contributed by atoms with E-state index in [9.17, 15) is 18.0 Å². The van der Waals surface area contributed by atoms with E-state index >= 15 is 0 Å². The Morgan fingerprint density at radius 2 is 1.81 bits per heavy atom. The summed E-state index contributed by atoms with van der Waals surface area (Å²) in [6.07, 6.45) is 2.13. The Hall–Kier alpha value is -1.77. The van der Waals surface area contributed by atoms with Crippen molar-refractivity contribution >= 4 is 21.7 Å². The zero-order chi connectivity index (χ0) is 19.6. The molecule has 2 saturated heterocycles. The van der Waals surface area contributed by atoms with Crippen LogP contribution in [0.25, 0.3) is 0 Å². The van der Waals surface area contributed by atoms with Crippen molar-refractivity contribution in [3.8, 4) is 0 Å². The van der Waals surface area contributed by atoms with Crippen molar-refractivity contribution in [1.82, 2.24) is 14.5 Å². The van der Waals surface area contributed by atoms with Crippen LogP contribution >= 0.6 is 0 Å². The van der Waals surface area contributed by atoms with E-state index in [0.717, 1.165) is 19.4 Å². The third-order valence-corrected chi connectivity index (χ3v) is 7.21. The van der Waals surface area contributed by atoms with Crippen LogP contribution < -0.4 is 5.32 Å². The maximum absolute atomic E-state index is 13.2. The molecule has 7 nitrogen and oxygen atoms in total. The number of piperazine rings is 1. The first kappa shape index (κ1) is 20.0. The van der Waals surface area contributed by atoms with Crippen LogP contribution in [-0.4, -0.2) is 67.6 Å². The van der Waals surface area contributed by atoms with E-state index in [1.54, 1.807) is 4.90 Å². The van der Waals surface area contributed by atoms with E-state index in [4.69, 9.17) is 0 Å². The molecule has 8 heteroatoms. The first-order valence-corrected chi connectivity index (χ1v) is 10.9. The molecule has 1 amide bonds. The minimum Gasteiger partial charge on any atom is -0.338 e. The maximum atomic E-state index is 13.2. The third-order valence-electron chi connectivity index (χ3n) is 5.29. The highest BCUT2D eigenvalue weighted by Crippen LogP contribution is 2.27. The highest BCUT2D eigenvalue weighted by Gasteiger charge is 2.40. The lowest BCUT2D eigenvalue weighted by Crippen LogP contribution is -2.58. The van der Waals surface area contributed by atoms with Gasteiger partial charge in [-0.15, -0.1) is 0 Å². The molecule has 2 fully saturated rings. The number of rotatable bonds is 4. The normalized spacial score (nSPS) is 24.6. The quantitative estimate of drug-likeness (QED) is 0.778. The largest absolute Gasteiger partial charge is 0.338 e. The molecule has 148 valence electrons. The molecule has 1 aromatic rings. The van der Waals surface area contributed by atoms with E-state index < -0.39 is 16.1 Å². The molecule has 2 atom stereocenters. The number of nitrogens with one attached hydrogen (secondary N) is 1. The number of hydrogen-bond acceptors (Lipinski definition) is 5. The lowest BCUT2D eigenvalue weighted by molar-refractivity contribution is -0.137. The van der Waals surface area contributed by atoms with Gasteiger partial charge in [0.25, 0.3) is 0 Å². The molecule has 0 spiro atoms. The topological polar surface area (TPSA) is 86.8 Å². The minimum atomic E-state index is -3.79. The van der Waals surface area contributed by atoms with Crippen molar-refractivity contribution in [2.75, 3.05) is 26.2 Å². The second-order valence-corrected chi connectivity index (χ2v) is 9.24. The molecular formula is C19H27N3O4S. The van der Waals surface area contributed by atoms with Gasteiger partial charge in [-0.05, 0) is 38.8 Å². The predicted octanol–water partition coefficient (Wildman–Crippen LogP) is 1.25. The average molecular weight is 394 g/mol. The molecule has 2 unspecified atom stereocenters. The van der Waals surface area contributed by atoms with Crippen LogP contribution in [0.3, 0.4) is 0 Å². The monoisotopic (exact) mass is 393 g/mol. The fourth-order valence-electron chi connectivity index (χ4n) is 3.78. The number of amides is 1. The van der Waals surface area contributed by atoms with Crippen LogP contribution in [0, 0.1) is 0 Å². The second kappa shape index (κ2) is 8.08. The van der Waals surface area contributed by atoms with Crippen LogP contribution in [0.5, 0.6) is 0 Å². The van der Waals surface area contributed by atoms with Gasteiger partial charge in [0.15, 0.2) is 5.78 Å². The minimum absolute atomic E-state index is 0.105. The summed E-state index contributed by atoms with van der Waals surface area (Å²) < 4.78 is 27.7. The molecule has 0 bridgehead atoms. The van der Waals surface area contributed by atoms with Gasteiger partial charge in [-0.3, -0.25) is 9.59 Å². The van der Waals surface area contributed by atoms with Gasteiger partial charge in [0, 0.05) is 37.8 Å². The summed E-state index contributed by atoms with van der Waals surface area (Å²) in [5.74, 6) is -0.218. The fourth-order valence-corrected chi connectivity index (χ4v) is 5.43. The van der Waals surface area contributed by atoms with E-state index in [2.05, 4.69) is 5.32 Å². The third kappa shape index (κ3) is 4.23. The summed E-state index contributed by atoms with van der Waals surface area (Å²) >= 11 is 0. The zero-order valence-electron chi connectivity index (χ0n) is 15.8. The lowest BCUT2D eigenvalue weighted by Gasteiger charge is -2.39. The van der Waals surface area contributed by atoms with Gasteiger partial charge in [-0.1, -0.05) is 18.6 Å². The number of benzene rings is 1. The second-order valence-electron chi connectivity index (χ2n) is 7.35. The molecule has 2 aliphatic rings. The molecule has 2 heterocycles. The van der Waals surface area contributed by atoms with Crippen molar-refractivity contribution in [3.05, 3.63) is 29.8 Å². The Kier molecular flexibility index (Phi) is 5.98. The van der Waals surface area contributed by atoms with Gasteiger partial charge in [0.1, 0.15) is 6.04 Å². The molecule has 27 heavy (non-hydrogen) atoms. The summed E-state index contributed by atoms with van der Waals surface area (Å²) in [6, 6.07) is 5.50. The molecular weight excluding hydrogens is 366 g/mol. The van der Waals surface area contributed by atoms with Gasteiger partial charge >= 0.3 is 0 Å². The molecule has 1 aromatic carbocycles. The number of carbonyl (C=O) groups excluding carboxylic acids is 2. The maximum Gasteiger partial charge on any atom is 0.243 e. The van der Waals surface area contributed by atoms with Gasteiger partial charge in [-0.2, -0.15) is 4.31 Å². The van der Waals surface area contributed by atoms with Gasteiger partial charge in [0.2, 0.25) is 15.9 Å². The predicted molar refractivity (Wildman–Crippen MR) is 102 cm³/mol. The van der Waals surface area contributed by atoms with Gasteiger partial charge < -0.3 is 10.2 Å². The van der Waals surface area contributed by atoms with E-state index in [1.807, 2.05) is 6.92 Å². The molecule has 0 saturated carbocycles. The number of ketones is 1. The Balaban J connectivity index is 1.85. The first-order chi connectivity index (χ1) is 12.8. The Morgan fingerprint density at radius 3 is 2.44 bits per heavy atom. The smallest absolute Gasteiger partial charge is 0.243 e. The summed E-state index contributed by atoms with van der Waals surface area (Å²) in [5, 5.41) is 3.30. The van der Waals surface area contributed by atoms with Crippen LogP contribution in [0.1, 0.15) is 43.5 Å². The number of sulfonamides is 1. The highest BCUT2D eigenvalue weighted by atomic mass is 32.2. The van der Waals surface area contributed by atoms with Gasteiger partial charge in [-0.25, -0.2) is 8.42 Å². The SMILES string of the molecule is CC(=O)c1ccc(S(=O)(=O)N2CCCCC2C(=O)N2CCNC(C)C2)cc1. The Morgan fingerprint density at radius 1 is 1.11 bits per heavy atom. The number of Topliss-reactive ketones (excluding diaryl/α,β-unsaturated/α-hetero) is 1. The van der Waals surface area contributed by atoms with Crippen LogP contribution in [-0.2, 0) is 14.8 Å². The van der Waals surface area contributed by atoms with E-state index in [-0.39, 0.29) is 22.6 Å². The highest BCUT2D eigenvalue weighted by molar-refractivity contribution is 7.89. The molecule has 3 rings (SSSR count). The van der Waals surface area contributed by atoms with Crippen LogP contribution in [0.2, 0.25) is 0 Å². The molecule has 0 aromatic heterocycles. The zero-order valence-corrected chi connectivity index (χ0v) is 16.7. The molecule has 1 N–H and O–H groups in total. The number of nitrogens with zero attached hydrogens (tertiary/aromatic N) is 2. The molecule has 2 aliphatic heterocycles. The summed E-state index contributed by atoms with van der Waals surface area (Å²) in [7, 11) is -3.79. The average Bonchev–Trinajstić information content (AvgIpc) is 2.67. The summed E-state index contributed by atoms with van der Waals surface area (Å²) in [4.78, 5) is 26.4. The Labute approximate surface area is 160 Å². The fraction of sp³-hybridized carbons (Fsp3) is 0.579. The number of piperidine rings is 1. The lowest BCUT2D eigenvalue weighted by atomic mass is 10.0. The van der Waals surface area contributed by atoms with Crippen LogP contribution in [0.15, 0.2) is 29.2 Å². The summed E-state index contributed by atoms with van der Waals surface area (Å²) in [6.45, 7) is 5.72. The standard InChI is InChI=1S/C19H27N3O4S/c1-14-13-21(12-10-20-14)19(24)18-5-3-4-11-22(18)27(25,26)17-8-6-16(7-9-17)15(2)23/h6-9,14,18,20H,3-5,10-13H2,1-2H3. The Bertz CT molecular complexity index is 807. The van der Waals surface area contributed by atoms with Crippen LogP contribution in [0.4, 0.5) is 0 Å². The van der Waals surface area contributed by atoms with Crippen molar-refractivity contribution in [3.63, 3.8) is 0 Å². The molecule has 0 radical (unpaired) electrons.